The van der Waals surface area contributed by atoms with Gasteiger partial charge in [0, 0.05) is 11.8 Å². The van der Waals surface area contributed by atoms with E-state index in [-0.39, 0.29) is 0 Å². The van der Waals surface area contributed by atoms with Crippen molar-refractivity contribution < 1.29 is 18.9 Å². The van der Waals surface area contributed by atoms with E-state index in [1.54, 1.807) is 32.4 Å². The number of hydrogen-bond donors (Lipinski definition) is 1. The summed E-state index contributed by atoms with van der Waals surface area (Å²) in [6.45, 7) is 0.760. The molecule has 0 radical (unpaired) electrons. The zero-order valence-corrected chi connectivity index (χ0v) is 12.2. The Morgan fingerprint density at radius 3 is 2.00 bits per heavy atom. The first-order valence-corrected chi connectivity index (χ1v) is 6.56. The maximum atomic E-state index is 5.73. The third-order valence-electron chi connectivity index (χ3n) is 2.86. The minimum Gasteiger partial charge on any atom is -0.493 e. The number of benzene rings is 2. The van der Waals surface area contributed by atoms with Crippen LogP contribution in [0.5, 0.6) is 23.0 Å². The molecule has 0 amide bonds. The average Bonchev–Trinajstić information content (AvgIpc) is 2.52. The molecule has 0 unspecified atom stereocenters. The molecule has 0 spiro atoms. The normalized spacial score (nSPS) is 10.0. The lowest BCUT2D eigenvalue weighted by Gasteiger charge is -2.13. The van der Waals surface area contributed by atoms with Gasteiger partial charge in [0.2, 0.25) is 0 Å². The standard InChI is InChI=1S/C16H19NO4/c1-18-13-5-3-4-6-15(13)20-9-10-21-16-11-12(17)7-8-14(16)19-2/h3-8,11H,9-10,17H2,1-2H3. The van der Waals surface area contributed by atoms with Gasteiger partial charge in [-0.05, 0) is 24.3 Å². The predicted molar refractivity (Wildman–Crippen MR) is 81.4 cm³/mol. The highest BCUT2D eigenvalue weighted by molar-refractivity contribution is 5.51. The van der Waals surface area contributed by atoms with Crippen LogP contribution in [0.2, 0.25) is 0 Å². The molecule has 21 heavy (non-hydrogen) atoms. The topological polar surface area (TPSA) is 62.9 Å². The number of hydrogen-bond acceptors (Lipinski definition) is 5. The van der Waals surface area contributed by atoms with E-state index in [0.717, 1.165) is 0 Å². The van der Waals surface area contributed by atoms with Crippen LogP contribution < -0.4 is 24.7 Å². The Balaban J connectivity index is 1.89. The van der Waals surface area contributed by atoms with Crippen LogP contribution in [0, 0.1) is 0 Å². The van der Waals surface area contributed by atoms with Gasteiger partial charge >= 0.3 is 0 Å². The second kappa shape index (κ2) is 7.28. The van der Waals surface area contributed by atoms with E-state index in [4.69, 9.17) is 24.7 Å². The van der Waals surface area contributed by atoms with Crippen molar-refractivity contribution in [1.82, 2.24) is 0 Å². The number of methoxy groups -OCH3 is 2. The number of rotatable bonds is 7. The SMILES string of the molecule is COc1ccccc1OCCOc1cc(N)ccc1OC. The molecule has 0 saturated heterocycles. The third-order valence-corrected chi connectivity index (χ3v) is 2.86. The molecule has 2 N–H and O–H groups in total. The summed E-state index contributed by atoms with van der Waals surface area (Å²) in [5, 5.41) is 0. The quantitative estimate of drug-likeness (QED) is 0.627. The number of nitrogens with two attached hydrogens (primary N) is 1. The van der Waals surface area contributed by atoms with E-state index in [2.05, 4.69) is 0 Å². The van der Waals surface area contributed by atoms with Crippen LogP contribution in [-0.4, -0.2) is 27.4 Å². The van der Waals surface area contributed by atoms with Crippen LogP contribution in [0.25, 0.3) is 0 Å². The number of para-hydroxylation sites is 2. The van der Waals surface area contributed by atoms with Gasteiger partial charge in [-0.3, -0.25) is 0 Å². The van der Waals surface area contributed by atoms with E-state index < -0.39 is 0 Å². The largest absolute Gasteiger partial charge is 0.493 e. The molecule has 112 valence electrons. The van der Waals surface area contributed by atoms with Gasteiger partial charge in [-0.25, -0.2) is 0 Å². The maximum absolute atomic E-state index is 5.73. The summed E-state index contributed by atoms with van der Waals surface area (Å²) < 4.78 is 21.7. The molecule has 2 rings (SSSR count). The highest BCUT2D eigenvalue weighted by atomic mass is 16.5. The van der Waals surface area contributed by atoms with Gasteiger partial charge in [0.05, 0.1) is 14.2 Å². The molecule has 5 nitrogen and oxygen atoms in total. The number of nitrogen functional groups attached to an aromatic ring is 1. The van der Waals surface area contributed by atoms with E-state index in [1.165, 1.54) is 0 Å². The van der Waals surface area contributed by atoms with Crippen molar-refractivity contribution >= 4 is 5.69 Å². The predicted octanol–water partition coefficient (Wildman–Crippen LogP) is 2.74. The van der Waals surface area contributed by atoms with Gasteiger partial charge < -0.3 is 24.7 Å². The number of ether oxygens (including phenoxy) is 4. The van der Waals surface area contributed by atoms with Gasteiger partial charge in [0.25, 0.3) is 0 Å². The summed E-state index contributed by atoms with van der Waals surface area (Å²) in [5.74, 6) is 2.62. The Hall–Kier alpha value is -2.56. The van der Waals surface area contributed by atoms with Gasteiger partial charge in [-0.1, -0.05) is 12.1 Å². The summed E-state index contributed by atoms with van der Waals surface area (Å²) >= 11 is 0. The zero-order chi connectivity index (χ0) is 15.1. The van der Waals surface area contributed by atoms with E-state index in [9.17, 15) is 0 Å². The molecule has 0 atom stereocenters. The van der Waals surface area contributed by atoms with Crippen LogP contribution in [0.1, 0.15) is 0 Å². The molecule has 2 aromatic carbocycles. The van der Waals surface area contributed by atoms with Crippen LogP contribution in [0.4, 0.5) is 5.69 Å². The van der Waals surface area contributed by atoms with Gasteiger partial charge in [0.1, 0.15) is 13.2 Å². The number of anilines is 1. The molecule has 0 heterocycles. The Morgan fingerprint density at radius 1 is 0.762 bits per heavy atom. The molecular weight excluding hydrogens is 270 g/mol. The molecule has 0 aliphatic rings. The fourth-order valence-electron chi connectivity index (χ4n) is 1.85. The first kappa shape index (κ1) is 14.8. The Labute approximate surface area is 124 Å². The summed E-state index contributed by atoms with van der Waals surface area (Å²) in [7, 11) is 3.19. The van der Waals surface area contributed by atoms with Crippen LogP contribution in [-0.2, 0) is 0 Å². The fraction of sp³-hybridized carbons (Fsp3) is 0.250. The average molecular weight is 289 g/mol. The van der Waals surface area contributed by atoms with E-state index >= 15 is 0 Å². The summed E-state index contributed by atoms with van der Waals surface area (Å²) in [6, 6.07) is 12.7. The molecule has 0 aliphatic carbocycles. The summed E-state index contributed by atoms with van der Waals surface area (Å²) in [6.07, 6.45) is 0. The second-order valence-electron chi connectivity index (χ2n) is 4.26. The summed E-state index contributed by atoms with van der Waals surface area (Å²) in [4.78, 5) is 0. The van der Waals surface area contributed by atoms with Gasteiger partial charge in [0.15, 0.2) is 23.0 Å². The van der Waals surface area contributed by atoms with E-state index in [1.807, 2.05) is 24.3 Å². The molecule has 2 aromatic rings. The minimum absolute atomic E-state index is 0.373. The Morgan fingerprint density at radius 2 is 1.33 bits per heavy atom. The highest BCUT2D eigenvalue weighted by Gasteiger charge is 2.06. The first-order valence-electron chi connectivity index (χ1n) is 6.56. The smallest absolute Gasteiger partial charge is 0.163 e. The molecular formula is C16H19NO4. The van der Waals surface area contributed by atoms with Crippen molar-refractivity contribution in [1.29, 1.82) is 0 Å². The molecule has 0 saturated carbocycles. The van der Waals surface area contributed by atoms with E-state index in [0.29, 0.717) is 41.9 Å². The molecule has 0 aliphatic heterocycles. The zero-order valence-electron chi connectivity index (χ0n) is 12.2. The molecule has 0 aromatic heterocycles. The fourth-order valence-corrected chi connectivity index (χ4v) is 1.85. The maximum Gasteiger partial charge on any atom is 0.163 e. The Kier molecular flexibility index (Phi) is 5.15. The molecule has 0 fully saturated rings. The van der Waals surface area contributed by atoms with Gasteiger partial charge in [-0.2, -0.15) is 0 Å². The van der Waals surface area contributed by atoms with Crippen molar-refractivity contribution in [3.63, 3.8) is 0 Å². The van der Waals surface area contributed by atoms with Crippen molar-refractivity contribution in [2.45, 2.75) is 0 Å². The molecule has 0 bridgehead atoms. The first-order chi connectivity index (χ1) is 10.2. The van der Waals surface area contributed by atoms with Crippen molar-refractivity contribution in [3.05, 3.63) is 42.5 Å². The molecule has 5 heteroatoms. The van der Waals surface area contributed by atoms with Crippen LogP contribution >= 0.6 is 0 Å². The third kappa shape index (κ3) is 3.95. The second-order valence-corrected chi connectivity index (χ2v) is 4.26. The minimum atomic E-state index is 0.373. The van der Waals surface area contributed by atoms with Crippen molar-refractivity contribution in [2.75, 3.05) is 33.2 Å². The van der Waals surface area contributed by atoms with Crippen LogP contribution in [0.3, 0.4) is 0 Å². The Bertz CT molecular complexity index is 586. The van der Waals surface area contributed by atoms with Crippen molar-refractivity contribution in [3.8, 4) is 23.0 Å². The lowest BCUT2D eigenvalue weighted by Crippen LogP contribution is -2.10. The van der Waals surface area contributed by atoms with Crippen LogP contribution in [0.15, 0.2) is 42.5 Å². The monoisotopic (exact) mass is 289 g/mol. The highest BCUT2D eigenvalue weighted by Crippen LogP contribution is 2.29. The summed E-state index contributed by atoms with van der Waals surface area (Å²) in [5.41, 5.74) is 6.35. The van der Waals surface area contributed by atoms with Crippen molar-refractivity contribution in [2.24, 2.45) is 0 Å². The van der Waals surface area contributed by atoms with Gasteiger partial charge in [-0.15, -0.1) is 0 Å². The lowest BCUT2D eigenvalue weighted by atomic mass is 10.3. The lowest BCUT2D eigenvalue weighted by molar-refractivity contribution is 0.206.